The van der Waals surface area contributed by atoms with E-state index in [4.69, 9.17) is 16.0 Å². The third-order valence-electron chi connectivity index (χ3n) is 5.21. The zero-order valence-corrected chi connectivity index (χ0v) is 17.3. The van der Waals surface area contributed by atoms with Gasteiger partial charge in [-0.1, -0.05) is 44.2 Å². The van der Waals surface area contributed by atoms with Crippen molar-refractivity contribution in [2.75, 3.05) is 0 Å². The molecule has 152 valence electrons. The maximum Gasteiger partial charge on any atom is 0.332 e. The quantitative estimate of drug-likeness (QED) is 0.424. The molecule has 1 aromatic carbocycles. The number of aryl methyl sites for hydroxylation is 1. The van der Waals surface area contributed by atoms with Crippen LogP contribution in [-0.4, -0.2) is 18.5 Å². The van der Waals surface area contributed by atoms with Gasteiger partial charge in [-0.25, -0.2) is 4.79 Å². The second-order valence-corrected chi connectivity index (χ2v) is 7.69. The van der Waals surface area contributed by atoms with Crippen molar-refractivity contribution < 1.29 is 4.42 Å². The minimum atomic E-state index is -0.350. The fourth-order valence-electron chi connectivity index (χ4n) is 3.57. The van der Waals surface area contributed by atoms with Crippen LogP contribution < -0.4 is 11.2 Å². The topological polar surface area (TPSA) is 74.4 Å². The van der Waals surface area contributed by atoms with Crippen molar-refractivity contribution in [3.8, 4) is 11.3 Å². The monoisotopic (exact) mass is 414 g/mol. The molecule has 8 heteroatoms. The van der Waals surface area contributed by atoms with Gasteiger partial charge in [-0.15, -0.1) is 0 Å². The van der Waals surface area contributed by atoms with Gasteiger partial charge < -0.3 is 4.42 Å². The van der Waals surface area contributed by atoms with Crippen molar-refractivity contribution in [1.82, 2.24) is 18.5 Å². The van der Waals surface area contributed by atoms with Gasteiger partial charge in [0, 0.05) is 24.2 Å². The minimum Gasteiger partial charge on any atom is -0.423 e. The number of hydrogen-bond acceptors (Lipinski definition) is 4. The summed E-state index contributed by atoms with van der Waals surface area (Å²) < 4.78 is 10.2. The summed E-state index contributed by atoms with van der Waals surface area (Å²) in [6, 6.07) is 7.23. The van der Waals surface area contributed by atoms with Crippen molar-refractivity contribution >= 4 is 28.6 Å². The van der Waals surface area contributed by atoms with Crippen molar-refractivity contribution in [3.05, 3.63) is 56.3 Å². The third-order valence-corrected chi connectivity index (χ3v) is 5.46. The van der Waals surface area contributed by atoms with Gasteiger partial charge in [0.15, 0.2) is 16.9 Å². The summed E-state index contributed by atoms with van der Waals surface area (Å²) in [6.07, 6.45) is 6.94. The molecule has 0 N–H and O–H groups in total. The van der Waals surface area contributed by atoms with Gasteiger partial charge in [0.2, 0.25) is 0 Å². The molecule has 0 aliphatic rings. The number of halogens is 1. The molecule has 0 radical (unpaired) electrons. The van der Waals surface area contributed by atoms with E-state index in [2.05, 4.69) is 11.9 Å². The first-order chi connectivity index (χ1) is 14.0. The Bertz CT molecular complexity index is 1280. The fraction of sp³-hybridized carbons (Fsp3) is 0.381. The lowest BCUT2D eigenvalue weighted by molar-refractivity contribution is 0.532. The first-order valence-electron chi connectivity index (χ1n) is 9.88. The van der Waals surface area contributed by atoms with Crippen molar-refractivity contribution in [2.45, 2.75) is 45.6 Å². The Morgan fingerprint density at radius 3 is 2.52 bits per heavy atom. The maximum atomic E-state index is 13.1. The number of nitrogens with zero attached hydrogens (tertiary/aromatic N) is 4. The van der Waals surface area contributed by atoms with Crippen LogP contribution in [0.25, 0.3) is 28.3 Å². The maximum absolute atomic E-state index is 13.1. The molecule has 0 aliphatic carbocycles. The van der Waals surface area contributed by atoms with E-state index in [0.29, 0.717) is 28.5 Å². The number of rotatable bonds is 7. The van der Waals surface area contributed by atoms with Gasteiger partial charge in [0.1, 0.15) is 0 Å². The molecule has 4 rings (SSSR count). The Balaban J connectivity index is 1.78. The molecule has 0 amide bonds. The molecule has 4 aromatic rings. The predicted octanol–water partition coefficient (Wildman–Crippen LogP) is 4.23. The van der Waals surface area contributed by atoms with E-state index >= 15 is 0 Å². The van der Waals surface area contributed by atoms with Crippen LogP contribution in [0.4, 0.5) is 0 Å². The van der Waals surface area contributed by atoms with E-state index in [1.54, 1.807) is 29.8 Å². The fourth-order valence-corrected chi connectivity index (χ4v) is 3.70. The number of imidazole rings is 1. The number of unbranched alkanes of at least 4 members (excludes halogenated alkanes) is 4. The summed E-state index contributed by atoms with van der Waals surface area (Å²) >= 11 is 5.95. The Hall–Kier alpha value is -2.80. The molecule has 3 heterocycles. The summed E-state index contributed by atoms with van der Waals surface area (Å²) in [7, 11) is 1.63. The van der Waals surface area contributed by atoms with Crippen LogP contribution in [0.2, 0.25) is 5.02 Å². The number of benzene rings is 1. The third kappa shape index (κ3) is 3.51. The lowest BCUT2D eigenvalue weighted by atomic mass is 10.1. The Kier molecular flexibility index (Phi) is 5.32. The largest absolute Gasteiger partial charge is 0.423 e. The number of hydrogen-bond donors (Lipinski definition) is 0. The van der Waals surface area contributed by atoms with Gasteiger partial charge in [0.25, 0.3) is 5.56 Å². The van der Waals surface area contributed by atoms with E-state index < -0.39 is 0 Å². The van der Waals surface area contributed by atoms with E-state index in [9.17, 15) is 9.59 Å². The molecule has 0 aliphatic heterocycles. The van der Waals surface area contributed by atoms with Crippen LogP contribution in [0.1, 0.15) is 39.0 Å². The Labute approximate surface area is 172 Å². The van der Waals surface area contributed by atoms with Gasteiger partial charge in [-0.2, -0.15) is 4.98 Å². The highest BCUT2D eigenvalue weighted by Gasteiger charge is 2.20. The number of aromatic nitrogens is 4. The van der Waals surface area contributed by atoms with E-state index in [0.717, 1.165) is 37.7 Å². The molecule has 0 saturated heterocycles. The molecular formula is C21H23ClN4O3. The van der Waals surface area contributed by atoms with Crippen LogP contribution in [0.15, 0.2) is 44.5 Å². The molecular weight excluding hydrogens is 392 g/mol. The molecule has 3 aromatic heterocycles. The van der Waals surface area contributed by atoms with Crippen molar-refractivity contribution in [2.24, 2.45) is 7.05 Å². The Morgan fingerprint density at radius 1 is 1.07 bits per heavy atom. The standard InChI is InChI=1S/C21H23ClN4O3/c1-3-4-5-6-7-12-25-19(27)17-18(24(2)21(25)28)23-20-26(17)13-16(29-20)14-8-10-15(22)11-9-14/h8-11,13H,3-7,12H2,1-2H3. The first-order valence-corrected chi connectivity index (χ1v) is 10.3. The van der Waals surface area contributed by atoms with Crippen LogP contribution in [0.5, 0.6) is 0 Å². The van der Waals surface area contributed by atoms with Gasteiger partial charge >= 0.3 is 11.5 Å². The summed E-state index contributed by atoms with van der Waals surface area (Å²) in [5.41, 5.74) is 0.809. The number of oxazole rings is 1. The van der Waals surface area contributed by atoms with Crippen LogP contribution >= 0.6 is 11.6 Å². The van der Waals surface area contributed by atoms with Gasteiger partial charge in [-0.3, -0.25) is 18.3 Å². The smallest absolute Gasteiger partial charge is 0.332 e. The van der Waals surface area contributed by atoms with Crippen LogP contribution in [0.3, 0.4) is 0 Å². The molecule has 29 heavy (non-hydrogen) atoms. The zero-order valence-electron chi connectivity index (χ0n) is 16.5. The SMILES string of the molecule is CCCCCCCn1c(=O)c2c(nc3oc(-c4ccc(Cl)cc4)cn32)n(C)c1=O. The minimum absolute atomic E-state index is 0.276. The average Bonchev–Trinajstić information content (AvgIpc) is 3.27. The van der Waals surface area contributed by atoms with Crippen LogP contribution in [-0.2, 0) is 13.6 Å². The van der Waals surface area contributed by atoms with Crippen molar-refractivity contribution in [3.63, 3.8) is 0 Å². The highest BCUT2D eigenvalue weighted by atomic mass is 35.5. The predicted molar refractivity (Wildman–Crippen MR) is 114 cm³/mol. The lowest BCUT2D eigenvalue weighted by Crippen LogP contribution is -2.39. The highest BCUT2D eigenvalue weighted by Crippen LogP contribution is 2.25. The molecule has 0 atom stereocenters. The summed E-state index contributed by atoms with van der Waals surface area (Å²) in [4.78, 5) is 30.2. The Morgan fingerprint density at radius 2 is 1.79 bits per heavy atom. The molecule has 0 fully saturated rings. The molecule has 7 nitrogen and oxygen atoms in total. The van der Waals surface area contributed by atoms with Crippen molar-refractivity contribution in [1.29, 1.82) is 0 Å². The summed E-state index contributed by atoms with van der Waals surface area (Å²) in [5.74, 6) is 0.850. The van der Waals surface area contributed by atoms with Gasteiger partial charge in [0.05, 0.1) is 6.20 Å². The van der Waals surface area contributed by atoms with E-state index in [1.807, 2.05) is 12.1 Å². The second-order valence-electron chi connectivity index (χ2n) is 7.25. The molecule has 0 spiro atoms. The normalized spacial score (nSPS) is 11.7. The van der Waals surface area contributed by atoms with Gasteiger partial charge in [-0.05, 0) is 30.7 Å². The van der Waals surface area contributed by atoms with E-state index in [1.165, 1.54) is 9.13 Å². The van der Waals surface area contributed by atoms with E-state index in [-0.39, 0.29) is 17.1 Å². The molecule has 0 saturated carbocycles. The average molecular weight is 415 g/mol. The van der Waals surface area contributed by atoms with Crippen LogP contribution in [0, 0.1) is 0 Å². The second kappa shape index (κ2) is 7.91. The number of fused-ring (bicyclic) bond motifs is 3. The molecule has 0 bridgehead atoms. The first kappa shape index (κ1) is 19.5. The summed E-state index contributed by atoms with van der Waals surface area (Å²) in [5, 5.41) is 0.632. The zero-order chi connectivity index (χ0) is 20.5. The molecule has 0 unspecified atom stereocenters. The highest BCUT2D eigenvalue weighted by molar-refractivity contribution is 6.30. The lowest BCUT2D eigenvalue weighted by Gasteiger charge is -2.07. The summed E-state index contributed by atoms with van der Waals surface area (Å²) in [6.45, 7) is 2.56.